The Balaban J connectivity index is 2.00. The minimum atomic E-state index is -0.346. The Morgan fingerprint density at radius 1 is 1.47 bits per heavy atom. The number of benzene rings is 1. The second kappa shape index (κ2) is 4.84. The quantitative estimate of drug-likeness (QED) is 0.643. The minimum absolute atomic E-state index is 0.165. The monoisotopic (exact) mass is 234 g/mol. The van der Waals surface area contributed by atoms with E-state index in [9.17, 15) is 10.1 Å². The first-order chi connectivity index (χ1) is 8.06. The molecule has 1 unspecified atom stereocenters. The van der Waals surface area contributed by atoms with Crippen LogP contribution in [0.15, 0.2) is 24.3 Å². The Morgan fingerprint density at radius 3 is 2.76 bits per heavy atom. The molecule has 1 atom stereocenters. The fourth-order valence-electron chi connectivity index (χ4n) is 2.40. The van der Waals surface area contributed by atoms with Gasteiger partial charge in [0.25, 0.3) is 5.69 Å². The third-order valence-corrected chi connectivity index (χ3v) is 3.44. The molecule has 1 aromatic carbocycles. The number of non-ortho nitro benzene ring substituents is 1. The molecule has 0 radical (unpaired) electrons. The number of nitrogens with one attached hydrogen (secondary N) is 1. The predicted octanol–water partition coefficient (Wildman–Crippen LogP) is 3.04. The van der Waals surface area contributed by atoms with Gasteiger partial charge in [0.1, 0.15) is 0 Å². The van der Waals surface area contributed by atoms with Crippen LogP contribution in [0.5, 0.6) is 0 Å². The summed E-state index contributed by atoms with van der Waals surface area (Å²) in [6, 6.07) is 7.61. The molecule has 4 heteroatoms. The summed E-state index contributed by atoms with van der Waals surface area (Å²) >= 11 is 0. The zero-order valence-corrected chi connectivity index (χ0v) is 10.2. The smallest absolute Gasteiger partial charge is 0.269 e. The third kappa shape index (κ3) is 2.82. The fraction of sp³-hybridized carbons (Fsp3) is 0.538. The van der Waals surface area contributed by atoms with Crippen LogP contribution in [0, 0.1) is 16.0 Å². The van der Waals surface area contributed by atoms with Gasteiger partial charge in [-0.2, -0.15) is 0 Å². The molecular weight excluding hydrogens is 216 g/mol. The Morgan fingerprint density at radius 2 is 2.18 bits per heavy atom. The maximum absolute atomic E-state index is 10.7. The first-order valence-corrected chi connectivity index (χ1v) is 6.06. The van der Waals surface area contributed by atoms with Gasteiger partial charge in [0, 0.05) is 24.2 Å². The molecule has 4 nitrogen and oxygen atoms in total. The zero-order valence-electron chi connectivity index (χ0n) is 10.2. The van der Waals surface area contributed by atoms with Gasteiger partial charge in [-0.05, 0) is 31.2 Å². The molecule has 0 amide bonds. The van der Waals surface area contributed by atoms with E-state index in [0.29, 0.717) is 6.04 Å². The van der Waals surface area contributed by atoms with Crippen molar-refractivity contribution in [2.45, 2.75) is 38.8 Å². The summed E-state index contributed by atoms with van der Waals surface area (Å²) in [5, 5.41) is 14.2. The van der Waals surface area contributed by atoms with Crippen molar-refractivity contribution in [3.63, 3.8) is 0 Å². The molecule has 1 aliphatic rings. The van der Waals surface area contributed by atoms with Crippen molar-refractivity contribution in [3.05, 3.63) is 39.9 Å². The SMILES string of the molecule is CC1CC(NC(C)c2cccc([N+](=O)[O-])c2)C1. The summed E-state index contributed by atoms with van der Waals surface area (Å²) in [5.74, 6) is 0.810. The fourth-order valence-corrected chi connectivity index (χ4v) is 2.40. The number of hydrogen-bond donors (Lipinski definition) is 1. The number of rotatable bonds is 4. The van der Waals surface area contributed by atoms with Gasteiger partial charge in [-0.15, -0.1) is 0 Å². The highest BCUT2D eigenvalue weighted by molar-refractivity contribution is 5.35. The van der Waals surface area contributed by atoms with E-state index in [-0.39, 0.29) is 16.7 Å². The maximum atomic E-state index is 10.7. The molecule has 0 heterocycles. The van der Waals surface area contributed by atoms with E-state index in [0.717, 1.165) is 11.5 Å². The van der Waals surface area contributed by atoms with E-state index < -0.39 is 0 Å². The average Bonchev–Trinajstić information content (AvgIpc) is 2.27. The van der Waals surface area contributed by atoms with Crippen LogP contribution in [0.1, 0.15) is 38.3 Å². The van der Waals surface area contributed by atoms with Crippen molar-refractivity contribution in [1.82, 2.24) is 5.32 Å². The van der Waals surface area contributed by atoms with E-state index >= 15 is 0 Å². The van der Waals surface area contributed by atoms with Gasteiger partial charge in [0.15, 0.2) is 0 Å². The van der Waals surface area contributed by atoms with Crippen LogP contribution in [0.2, 0.25) is 0 Å². The molecular formula is C13H18N2O2. The number of nitrogens with zero attached hydrogens (tertiary/aromatic N) is 1. The van der Waals surface area contributed by atoms with Crippen molar-refractivity contribution in [3.8, 4) is 0 Å². The van der Waals surface area contributed by atoms with Gasteiger partial charge in [0.2, 0.25) is 0 Å². The largest absolute Gasteiger partial charge is 0.307 e. The van der Waals surface area contributed by atoms with Crippen LogP contribution in [-0.2, 0) is 0 Å². The van der Waals surface area contributed by atoms with E-state index in [1.807, 2.05) is 6.07 Å². The van der Waals surface area contributed by atoms with Gasteiger partial charge in [-0.3, -0.25) is 10.1 Å². The van der Waals surface area contributed by atoms with E-state index in [1.165, 1.54) is 18.9 Å². The first kappa shape index (κ1) is 12.0. The highest BCUT2D eigenvalue weighted by Gasteiger charge is 2.26. The standard InChI is InChI=1S/C13H18N2O2/c1-9-6-12(7-9)14-10(2)11-4-3-5-13(8-11)15(16)17/h3-5,8-10,12,14H,6-7H2,1-2H3. The predicted molar refractivity (Wildman–Crippen MR) is 66.8 cm³/mol. The molecule has 2 rings (SSSR count). The zero-order chi connectivity index (χ0) is 12.4. The summed E-state index contributed by atoms with van der Waals surface area (Å²) in [6.07, 6.45) is 2.42. The van der Waals surface area contributed by atoms with Crippen LogP contribution in [0.4, 0.5) is 5.69 Å². The normalized spacial score (nSPS) is 25.1. The highest BCUT2D eigenvalue weighted by Crippen LogP contribution is 2.29. The van der Waals surface area contributed by atoms with Crippen molar-refractivity contribution < 1.29 is 4.92 Å². The first-order valence-electron chi connectivity index (χ1n) is 6.06. The molecule has 0 spiro atoms. The summed E-state index contributed by atoms with van der Waals surface area (Å²) in [5.41, 5.74) is 1.15. The topological polar surface area (TPSA) is 55.2 Å². The molecule has 1 saturated carbocycles. The molecule has 1 fully saturated rings. The van der Waals surface area contributed by atoms with Crippen molar-refractivity contribution >= 4 is 5.69 Å². The molecule has 0 saturated heterocycles. The molecule has 1 aliphatic carbocycles. The molecule has 1 aromatic rings. The molecule has 0 aliphatic heterocycles. The van der Waals surface area contributed by atoms with Gasteiger partial charge in [-0.25, -0.2) is 0 Å². The highest BCUT2D eigenvalue weighted by atomic mass is 16.6. The molecule has 0 bridgehead atoms. The van der Waals surface area contributed by atoms with Crippen LogP contribution in [-0.4, -0.2) is 11.0 Å². The third-order valence-electron chi connectivity index (χ3n) is 3.44. The van der Waals surface area contributed by atoms with Gasteiger partial charge in [0.05, 0.1) is 4.92 Å². The van der Waals surface area contributed by atoms with Gasteiger partial charge >= 0.3 is 0 Å². The summed E-state index contributed by atoms with van der Waals surface area (Å²) in [6.45, 7) is 4.30. The Bertz CT molecular complexity index is 414. The lowest BCUT2D eigenvalue weighted by Gasteiger charge is -2.35. The maximum Gasteiger partial charge on any atom is 0.269 e. The van der Waals surface area contributed by atoms with Crippen molar-refractivity contribution in [2.24, 2.45) is 5.92 Å². The van der Waals surface area contributed by atoms with Crippen LogP contribution in [0.3, 0.4) is 0 Å². The average molecular weight is 234 g/mol. The molecule has 0 aromatic heterocycles. The molecule has 1 N–H and O–H groups in total. The van der Waals surface area contributed by atoms with Crippen LogP contribution in [0.25, 0.3) is 0 Å². The van der Waals surface area contributed by atoms with Crippen LogP contribution >= 0.6 is 0 Å². The van der Waals surface area contributed by atoms with Gasteiger partial charge in [-0.1, -0.05) is 19.1 Å². The molecule has 17 heavy (non-hydrogen) atoms. The summed E-state index contributed by atoms with van der Waals surface area (Å²) in [7, 11) is 0. The minimum Gasteiger partial charge on any atom is -0.307 e. The van der Waals surface area contributed by atoms with Crippen LogP contribution < -0.4 is 5.32 Å². The molecule has 92 valence electrons. The summed E-state index contributed by atoms with van der Waals surface area (Å²) in [4.78, 5) is 10.3. The summed E-state index contributed by atoms with van der Waals surface area (Å²) < 4.78 is 0. The van der Waals surface area contributed by atoms with Crippen molar-refractivity contribution in [1.29, 1.82) is 0 Å². The number of nitro benzene ring substituents is 1. The second-order valence-corrected chi connectivity index (χ2v) is 5.01. The lowest BCUT2D eigenvalue weighted by molar-refractivity contribution is -0.384. The van der Waals surface area contributed by atoms with E-state index in [4.69, 9.17) is 0 Å². The lowest BCUT2D eigenvalue weighted by atomic mass is 9.81. The van der Waals surface area contributed by atoms with Gasteiger partial charge < -0.3 is 5.32 Å². The Kier molecular flexibility index (Phi) is 3.43. The Labute approximate surface area is 101 Å². The van der Waals surface area contributed by atoms with E-state index in [1.54, 1.807) is 12.1 Å². The van der Waals surface area contributed by atoms with Crippen molar-refractivity contribution in [2.75, 3.05) is 0 Å². The van der Waals surface area contributed by atoms with E-state index in [2.05, 4.69) is 19.2 Å². The lowest BCUT2D eigenvalue weighted by Crippen LogP contribution is -2.41. The Hall–Kier alpha value is -1.42. The second-order valence-electron chi connectivity index (χ2n) is 5.01. The number of nitro groups is 1. The number of hydrogen-bond acceptors (Lipinski definition) is 3.